The van der Waals surface area contributed by atoms with Crippen LogP contribution in [0, 0.1) is 3.57 Å². The Hall–Kier alpha value is -1.80. The van der Waals surface area contributed by atoms with Gasteiger partial charge >= 0.3 is 0 Å². The molecule has 0 bridgehead atoms. The highest BCUT2D eigenvalue weighted by atomic mass is 127. The lowest BCUT2D eigenvalue weighted by Crippen LogP contribution is -2.57. The smallest absolute Gasteiger partial charge is 0.238 e. The number of hydrogen-bond acceptors (Lipinski definition) is 2. The fraction of sp³-hybridized carbons (Fsp3) is 0.167. The zero-order valence-electron chi connectivity index (χ0n) is 16.5. The van der Waals surface area contributed by atoms with Gasteiger partial charge in [0.05, 0.1) is 6.04 Å². The molecule has 4 nitrogen and oxygen atoms in total. The SMILES string of the molecule is O=C1C[C@@H](c2cccc(Cl)c2)[C@]2(C(=O)Nc3cc(Cl)ccc32)[C@@H](c2cc(Cl)ccc2I)N1. The average molecular weight is 598 g/mol. The maximum atomic E-state index is 13.9. The summed E-state index contributed by atoms with van der Waals surface area (Å²) in [5.41, 5.74) is 1.94. The van der Waals surface area contributed by atoms with Crippen molar-refractivity contribution in [3.8, 4) is 0 Å². The van der Waals surface area contributed by atoms with Gasteiger partial charge in [-0.1, -0.05) is 53.0 Å². The number of hydrogen-bond donors (Lipinski definition) is 2. The molecule has 1 spiro atoms. The Bertz CT molecular complexity index is 1280. The van der Waals surface area contributed by atoms with Gasteiger partial charge in [0, 0.05) is 36.7 Å². The standard InChI is InChI=1S/C24H16Cl3IN2O2/c25-13-3-1-2-12(8-13)18-11-21(31)30-22(16-9-14(26)5-7-19(16)28)24(18)17-6-4-15(27)10-20(17)29-23(24)32/h1-10,18,22H,11H2,(H,29,32)(H,30,31)/t18-,22+,24-/m0/s1. The van der Waals surface area contributed by atoms with Crippen molar-refractivity contribution in [1.29, 1.82) is 0 Å². The lowest BCUT2D eigenvalue weighted by molar-refractivity contribution is -0.131. The third kappa shape index (κ3) is 3.41. The maximum Gasteiger partial charge on any atom is 0.238 e. The molecule has 3 aromatic carbocycles. The number of anilines is 1. The fourth-order valence-electron chi connectivity index (χ4n) is 5.01. The zero-order chi connectivity index (χ0) is 22.6. The lowest BCUT2D eigenvalue weighted by Gasteiger charge is -2.46. The van der Waals surface area contributed by atoms with Gasteiger partial charge in [-0.15, -0.1) is 0 Å². The molecule has 8 heteroatoms. The molecule has 0 aliphatic carbocycles. The van der Waals surface area contributed by atoms with E-state index in [4.69, 9.17) is 34.8 Å². The van der Waals surface area contributed by atoms with Crippen molar-refractivity contribution in [2.24, 2.45) is 0 Å². The molecular formula is C24H16Cl3IN2O2. The summed E-state index contributed by atoms with van der Waals surface area (Å²) in [5.74, 6) is -0.783. The molecule has 2 N–H and O–H groups in total. The minimum Gasteiger partial charge on any atom is -0.348 e. The van der Waals surface area contributed by atoms with Gasteiger partial charge in [0.2, 0.25) is 11.8 Å². The van der Waals surface area contributed by atoms with Crippen LogP contribution < -0.4 is 10.6 Å². The van der Waals surface area contributed by atoms with E-state index in [1.807, 2.05) is 36.4 Å². The van der Waals surface area contributed by atoms with E-state index in [9.17, 15) is 9.59 Å². The minimum atomic E-state index is -1.11. The largest absolute Gasteiger partial charge is 0.348 e. The Morgan fingerprint density at radius 3 is 2.41 bits per heavy atom. The number of benzene rings is 3. The number of carbonyl (C=O) groups is 2. The summed E-state index contributed by atoms with van der Waals surface area (Å²) < 4.78 is 0.902. The Morgan fingerprint density at radius 1 is 0.906 bits per heavy atom. The predicted octanol–water partition coefficient (Wildman–Crippen LogP) is 6.49. The van der Waals surface area contributed by atoms with Gasteiger partial charge in [-0.05, 0) is 81.7 Å². The number of piperidine rings is 1. The van der Waals surface area contributed by atoms with E-state index in [1.165, 1.54) is 0 Å². The van der Waals surface area contributed by atoms with Gasteiger partial charge in [0.15, 0.2) is 0 Å². The summed E-state index contributed by atoms with van der Waals surface area (Å²) in [6, 6.07) is 17.6. The van der Waals surface area contributed by atoms with Crippen molar-refractivity contribution in [2.45, 2.75) is 23.8 Å². The molecule has 162 valence electrons. The van der Waals surface area contributed by atoms with E-state index >= 15 is 0 Å². The van der Waals surface area contributed by atoms with E-state index in [0.29, 0.717) is 20.8 Å². The van der Waals surface area contributed by atoms with E-state index < -0.39 is 17.4 Å². The third-order valence-corrected chi connectivity index (χ3v) is 7.96. The molecule has 0 saturated carbocycles. The predicted molar refractivity (Wildman–Crippen MR) is 136 cm³/mol. The summed E-state index contributed by atoms with van der Waals surface area (Å²) in [5, 5.41) is 7.73. The Labute approximate surface area is 213 Å². The first kappa shape index (κ1) is 22.0. The monoisotopic (exact) mass is 596 g/mol. The van der Waals surface area contributed by atoms with Crippen LogP contribution in [-0.4, -0.2) is 11.8 Å². The first-order valence-electron chi connectivity index (χ1n) is 9.92. The topological polar surface area (TPSA) is 58.2 Å². The van der Waals surface area contributed by atoms with E-state index in [2.05, 4.69) is 33.2 Å². The fourth-order valence-corrected chi connectivity index (χ4v) is 6.20. The number of rotatable bonds is 2. The van der Waals surface area contributed by atoms with Crippen LogP contribution in [0.2, 0.25) is 15.1 Å². The van der Waals surface area contributed by atoms with Crippen LogP contribution in [0.4, 0.5) is 5.69 Å². The summed E-state index contributed by atoms with van der Waals surface area (Å²) in [6.45, 7) is 0. The number of carbonyl (C=O) groups excluding carboxylic acids is 2. The second kappa shape index (κ2) is 8.20. The second-order valence-electron chi connectivity index (χ2n) is 7.99. The highest BCUT2D eigenvalue weighted by Gasteiger charge is 2.61. The van der Waals surface area contributed by atoms with Crippen LogP contribution in [-0.2, 0) is 15.0 Å². The third-order valence-electron chi connectivity index (χ3n) is 6.27. The summed E-state index contributed by atoms with van der Waals surface area (Å²) in [6.07, 6.45) is 0.142. The van der Waals surface area contributed by atoms with Crippen molar-refractivity contribution in [3.63, 3.8) is 0 Å². The molecule has 2 heterocycles. The summed E-state index contributed by atoms with van der Waals surface area (Å²) in [7, 11) is 0. The number of fused-ring (bicyclic) bond motifs is 2. The van der Waals surface area contributed by atoms with Crippen LogP contribution in [0.5, 0.6) is 0 Å². The van der Waals surface area contributed by atoms with Crippen LogP contribution in [0.25, 0.3) is 0 Å². The Morgan fingerprint density at radius 2 is 1.62 bits per heavy atom. The number of amides is 2. The van der Waals surface area contributed by atoms with Gasteiger partial charge in [-0.3, -0.25) is 9.59 Å². The first-order valence-corrected chi connectivity index (χ1v) is 12.1. The van der Waals surface area contributed by atoms with Crippen molar-refractivity contribution < 1.29 is 9.59 Å². The molecule has 1 fully saturated rings. The molecule has 32 heavy (non-hydrogen) atoms. The van der Waals surface area contributed by atoms with Crippen molar-refractivity contribution in [3.05, 3.63) is 96.0 Å². The molecule has 3 atom stereocenters. The maximum absolute atomic E-state index is 13.9. The van der Waals surface area contributed by atoms with Crippen LogP contribution >= 0.6 is 57.4 Å². The molecule has 0 unspecified atom stereocenters. The molecule has 2 aliphatic rings. The molecule has 3 aromatic rings. The molecule has 5 rings (SSSR count). The molecule has 1 saturated heterocycles. The summed E-state index contributed by atoms with van der Waals surface area (Å²) >= 11 is 21.1. The van der Waals surface area contributed by atoms with Crippen LogP contribution in [0.15, 0.2) is 60.7 Å². The zero-order valence-corrected chi connectivity index (χ0v) is 20.9. The Kier molecular flexibility index (Phi) is 5.64. The van der Waals surface area contributed by atoms with E-state index in [-0.39, 0.29) is 18.2 Å². The highest BCUT2D eigenvalue weighted by Crippen LogP contribution is 2.58. The van der Waals surface area contributed by atoms with Gasteiger partial charge < -0.3 is 10.6 Å². The van der Waals surface area contributed by atoms with Crippen molar-refractivity contribution in [2.75, 3.05) is 5.32 Å². The average Bonchev–Trinajstić information content (AvgIpc) is 3.02. The van der Waals surface area contributed by atoms with Crippen LogP contribution in [0.3, 0.4) is 0 Å². The van der Waals surface area contributed by atoms with Crippen molar-refractivity contribution >= 4 is 74.9 Å². The Balaban J connectivity index is 1.83. The van der Waals surface area contributed by atoms with E-state index in [0.717, 1.165) is 20.3 Å². The number of halogens is 4. The second-order valence-corrected chi connectivity index (χ2v) is 10.5. The molecule has 0 radical (unpaired) electrons. The quantitative estimate of drug-likeness (QED) is 0.332. The van der Waals surface area contributed by atoms with Crippen molar-refractivity contribution in [1.82, 2.24) is 5.32 Å². The minimum absolute atomic E-state index is 0.142. The lowest BCUT2D eigenvalue weighted by atomic mass is 9.59. The highest BCUT2D eigenvalue weighted by molar-refractivity contribution is 14.1. The van der Waals surface area contributed by atoms with Gasteiger partial charge in [0.1, 0.15) is 5.41 Å². The molecular weight excluding hydrogens is 582 g/mol. The normalized spacial score (nSPS) is 24.2. The van der Waals surface area contributed by atoms with Gasteiger partial charge in [-0.2, -0.15) is 0 Å². The molecule has 2 aliphatic heterocycles. The van der Waals surface area contributed by atoms with E-state index in [1.54, 1.807) is 24.3 Å². The first-order chi connectivity index (χ1) is 15.3. The van der Waals surface area contributed by atoms with Gasteiger partial charge in [-0.25, -0.2) is 0 Å². The molecule has 0 aromatic heterocycles. The molecule has 2 amide bonds. The summed E-state index contributed by atoms with van der Waals surface area (Å²) in [4.78, 5) is 26.9. The van der Waals surface area contributed by atoms with Crippen LogP contribution in [0.1, 0.15) is 35.1 Å². The number of nitrogens with one attached hydrogen (secondary N) is 2. The van der Waals surface area contributed by atoms with Gasteiger partial charge in [0.25, 0.3) is 0 Å².